The Morgan fingerprint density at radius 1 is 1.35 bits per heavy atom. The van der Waals surface area contributed by atoms with Crippen molar-refractivity contribution in [1.82, 2.24) is 10.5 Å². The zero-order valence-electron chi connectivity index (χ0n) is 8.79. The zero-order valence-corrected chi connectivity index (χ0v) is 10.3. The normalized spacial score (nSPS) is 10.6. The Morgan fingerprint density at radius 3 is 2.71 bits per heavy atom. The van der Waals surface area contributed by atoms with E-state index in [0.29, 0.717) is 26.6 Å². The molecule has 0 fully saturated rings. The first-order chi connectivity index (χ1) is 8.02. The van der Waals surface area contributed by atoms with Crippen LogP contribution in [0.1, 0.15) is 16.1 Å². The highest BCUT2D eigenvalue weighted by Crippen LogP contribution is 2.29. The number of hydrogen-bond donors (Lipinski definition) is 2. The van der Waals surface area contributed by atoms with Gasteiger partial charge in [0.1, 0.15) is 0 Å². The van der Waals surface area contributed by atoms with E-state index in [0.717, 1.165) is 0 Å². The highest BCUT2D eigenvalue weighted by molar-refractivity contribution is 6.38. The Labute approximate surface area is 107 Å². The number of pyridine rings is 1. The molecule has 0 spiro atoms. The number of aromatic nitrogens is 1. The minimum Gasteiger partial charge on any atom is -0.288 e. The second kappa shape index (κ2) is 4.49. The van der Waals surface area contributed by atoms with Crippen LogP contribution in [-0.2, 0) is 0 Å². The number of fused-ring (bicyclic) bond motifs is 1. The van der Waals surface area contributed by atoms with Crippen LogP contribution in [0.3, 0.4) is 0 Å². The van der Waals surface area contributed by atoms with E-state index in [1.165, 1.54) is 0 Å². The summed E-state index contributed by atoms with van der Waals surface area (Å²) in [5.41, 5.74) is 2.97. The first-order valence-electron chi connectivity index (χ1n) is 4.73. The molecule has 0 saturated heterocycles. The van der Waals surface area contributed by atoms with Gasteiger partial charge in [0.2, 0.25) is 0 Å². The maximum Gasteiger partial charge on any atom is 0.275 e. The second-order valence-corrected chi connectivity index (χ2v) is 4.38. The van der Waals surface area contributed by atoms with Crippen molar-refractivity contribution < 1.29 is 10.0 Å². The van der Waals surface area contributed by atoms with Crippen molar-refractivity contribution in [1.29, 1.82) is 0 Å². The number of aryl methyl sites for hydroxylation is 1. The third-order valence-electron chi connectivity index (χ3n) is 2.31. The van der Waals surface area contributed by atoms with Crippen LogP contribution in [0.5, 0.6) is 0 Å². The van der Waals surface area contributed by atoms with E-state index in [9.17, 15) is 4.79 Å². The molecule has 2 aromatic rings. The number of nitrogens with one attached hydrogen (secondary N) is 1. The van der Waals surface area contributed by atoms with E-state index in [4.69, 9.17) is 28.4 Å². The third kappa shape index (κ3) is 2.20. The van der Waals surface area contributed by atoms with Gasteiger partial charge in [-0.05, 0) is 25.1 Å². The van der Waals surface area contributed by atoms with Gasteiger partial charge in [0.05, 0.1) is 16.1 Å². The van der Waals surface area contributed by atoms with E-state index in [-0.39, 0.29) is 5.56 Å². The number of halogens is 2. The topological polar surface area (TPSA) is 62.2 Å². The molecule has 4 nitrogen and oxygen atoms in total. The molecule has 17 heavy (non-hydrogen) atoms. The first kappa shape index (κ1) is 12.1. The Balaban J connectivity index is 2.87. The van der Waals surface area contributed by atoms with Crippen LogP contribution in [0.15, 0.2) is 18.2 Å². The summed E-state index contributed by atoms with van der Waals surface area (Å²) >= 11 is 11.9. The van der Waals surface area contributed by atoms with Crippen molar-refractivity contribution in [2.45, 2.75) is 6.92 Å². The number of hydrogen-bond acceptors (Lipinski definition) is 3. The quantitative estimate of drug-likeness (QED) is 0.619. The molecule has 0 saturated carbocycles. The number of carbonyl (C=O) groups excluding carboxylic acids is 1. The van der Waals surface area contributed by atoms with E-state index >= 15 is 0 Å². The summed E-state index contributed by atoms with van der Waals surface area (Å²) in [7, 11) is 0. The molecule has 0 aliphatic rings. The molecule has 0 aliphatic heterocycles. The molecule has 88 valence electrons. The van der Waals surface area contributed by atoms with Crippen LogP contribution < -0.4 is 5.48 Å². The fourth-order valence-corrected chi connectivity index (χ4v) is 2.16. The summed E-state index contributed by atoms with van der Waals surface area (Å²) in [6, 6.07) is 4.69. The maximum atomic E-state index is 11.5. The van der Waals surface area contributed by atoms with Gasteiger partial charge in [-0.25, -0.2) is 5.48 Å². The maximum absolute atomic E-state index is 11.5. The predicted octanol–water partition coefficient (Wildman–Crippen LogP) is 2.97. The van der Waals surface area contributed by atoms with E-state index in [1.807, 2.05) is 0 Å². The van der Waals surface area contributed by atoms with Gasteiger partial charge in [0.15, 0.2) is 0 Å². The lowest BCUT2D eigenvalue weighted by Gasteiger charge is -2.08. The highest BCUT2D eigenvalue weighted by Gasteiger charge is 2.14. The predicted molar refractivity (Wildman–Crippen MR) is 65.8 cm³/mol. The number of carbonyl (C=O) groups is 1. The summed E-state index contributed by atoms with van der Waals surface area (Å²) in [5, 5.41) is 9.96. The summed E-state index contributed by atoms with van der Waals surface area (Å²) in [5.74, 6) is -0.626. The number of rotatable bonds is 1. The molecule has 1 heterocycles. The number of nitrogens with zero attached hydrogens (tertiary/aromatic N) is 1. The fraction of sp³-hybridized carbons (Fsp3) is 0.0909. The summed E-state index contributed by atoms with van der Waals surface area (Å²) in [4.78, 5) is 15.8. The summed E-state index contributed by atoms with van der Waals surface area (Å²) < 4.78 is 0. The molecular formula is C11H8Cl2N2O2. The van der Waals surface area contributed by atoms with Gasteiger partial charge in [-0.1, -0.05) is 23.2 Å². The molecule has 0 bridgehead atoms. The van der Waals surface area contributed by atoms with Crippen molar-refractivity contribution in [3.63, 3.8) is 0 Å². The molecule has 1 amide bonds. The minimum atomic E-state index is -0.626. The Kier molecular flexibility index (Phi) is 3.19. The summed E-state index contributed by atoms with van der Waals surface area (Å²) in [6.07, 6.45) is 0. The third-order valence-corrected chi connectivity index (χ3v) is 2.81. The van der Waals surface area contributed by atoms with Gasteiger partial charge in [-0.15, -0.1) is 0 Å². The lowest BCUT2D eigenvalue weighted by Crippen LogP contribution is -2.19. The molecule has 1 aromatic heterocycles. The average molecular weight is 271 g/mol. The molecule has 6 heteroatoms. The van der Waals surface area contributed by atoms with Gasteiger partial charge in [-0.3, -0.25) is 15.0 Å². The van der Waals surface area contributed by atoms with Crippen LogP contribution >= 0.6 is 23.2 Å². The number of amides is 1. The van der Waals surface area contributed by atoms with Crippen LogP contribution in [0.2, 0.25) is 10.0 Å². The lowest BCUT2D eigenvalue weighted by molar-refractivity contribution is 0.0708. The first-order valence-corrected chi connectivity index (χ1v) is 5.49. The SMILES string of the molecule is Cc1cc(C(=O)NO)c2cc(Cl)cc(Cl)c2n1. The van der Waals surface area contributed by atoms with Crippen molar-refractivity contribution in [3.05, 3.63) is 39.5 Å². The largest absolute Gasteiger partial charge is 0.288 e. The van der Waals surface area contributed by atoms with Crippen molar-refractivity contribution in [3.8, 4) is 0 Å². The average Bonchev–Trinajstić information content (AvgIpc) is 2.28. The highest BCUT2D eigenvalue weighted by atomic mass is 35.5. The van der Waals surface area contributed by atoms with Crippen LogP contribution in [0, 0.1) is 6.92 Å². The summed E-state index contributed by atoms with van der Waals surface area (Å²) in [6.45, 7) is 1.73. The minimum absolute atomic E-state index is 0.277. The molecule has 0 aliphatic carbocycles. The smallest absolute Gasteiger partial charge is 0.275 e. The molecule has 1 aromatic carbocycles. The Hall–Kier alpha value is -1.36. The Bertz CT molecular complexity index is 614. The molecule has 2 N–H and O–H groups in total. The van der Waals surface area contributed by atoms with E-state index in [1.54, 1.807) is 30.6 Å². The lowest BCUT2D eigenvalue weighted by atomic mass is 10.1. The van der Waals surface area contributed by atoms with Gasteiger partial charge in [-0.2, -0.15) is 0 Å². The monoisotopic (exact) mass is 270 g/mol. The van der Waals surface area contributed by atoms with Gasteiger partial charge in [0.25, 0.3) is 5.91 Å². The van der Waals surface area contributed by atoms with E-state index in [2.05, 4.69) is 4.98 Å². The molecule has 0 atom stereocenters. The number of hydroxylamine groups is 1. The standard InChI is InChI=1S/C11H8Cl2N2O2/c1-5-2-8(11(16)15-17)7-3-6(12)4-9(13)10(7)14-5/h2-4,17H,1H3,(H,15,16). The van der Waals surface area contributed by atoms with Gasteiger partial charge >= 0.3 is 0 Å². The zero-order chi connectivity index (χ0) is 12.6. The molecule has 0 radical (unpaired) electrons. The number of benzene rings is 1. The fourth-order valence-electron chi connectivity index (χ4n) is 1.63. The van der Waals surface area contributed by atoms with Gasteiger partial charge in [0, 0.05) is 16.1 Å². The Morgan fingerprint density at radius 2 is 2.06 bits per heavy atom. The van der Waals surface area contributed by atoms with Crippen molar-refractivity contribution in [2.24, 2.45) is 0 Å². The van der Waals surface area contributed by atoms with Crippen LogP contribution in [0.25, 0.3) is 10.9 Å². The van der Waals surface area contributed by atoms with Crippen LogP contribution in [0.4, 0.5) is 0 Å². The van der Waals surface area contributed by atoms with Crippen molar-refractivity contribution in [2.75, 3.05) is 0 Å². The van der Waals surface area contributed by atoms with E-state index < -0.39 is 5.91 Å². The second-order valence-electron chi connectivity index (χ2n) is 3.54. The molecule has 2 rings (SSSR count). The van der Waals surface area contributed by atoms with Crippen molar-refractivity contribution >= 4 is 40.0 Å². The van der Waals surface area contributed by atoms with Crippen LogP contribution in [-0.4, -0.2) is 16.1 Å². The molecule has 0 unspecified atom stereocenters. The van der Waals surface area contributed by atoms with Gasteiger partial charge < -0.3 is 0 Å². The molecular weight excluding hydrogens is 263 g/mol.